The number of ether oxygens (including phenoxy) is 1. The van der Waals surface area contributed by atoms with Gasteiger partial charge in [-0.15, -0.1) is 0 Å². The largest absolute Gasteiger partial charge is 0.463 e. The molecule has 0 fully saturated rings. The lowest BCUT2D eigenvalue weighted by molar-refractivity contribution is -0.148. The van der Waals surface area contributed by atoms with E-state index in [0.717, 1.165) is 23.1 Å². The van der Waals surface area contributed by atoms with Crippen LogP contribution in [0.4, 0.5) is 0 Å². The molecule has 0 spiro atoms. The van der Waals surface area contributed by atoms with Crippen molar-refractivity contribution >= 4 is 17.8 Å². The number of amides is 2. The zero-order chi connectivity index (χ0) is 23.3. The second-order valence-electron chi connectivity index (χ2n) is 8.65. The van der Waals surface area contributed by atoms with Crippen molar-refractivity contribution in [2.24, 2.45) is 0 Å². The van der Waals surface area contributed by atoms with Crippen molar-refractivity contribution in [1.82, 2.24) is 10.2 Å². The van der Waals surface area contributed by atoms with Crippen molar-refractivity contribution < 1.29 is 19.1 Å². The molecule has 6 heteroatoms. The Morgan fingerprint density at radius 2 is 1.78 bits per heavy atom. The number of esters is 1. The van der Waals surface area contributed by atoms with E-state index in [1.54, 1.807) is 18.7 Å². The summed E-state index contributed by atoms with van der Waals surface area (Å²) in [5, 5.41) is 3.02. The zero-order valence-corrected chi connectivity index (χ0v) is 19.3. The summed E-state index contributed by atoms with van der Waals surface area (Å²) < 4.78 is 5.31. The summed E-state index contributed by atoms with van der Waals surface area (Å²) in [5.41, 5.74) is 4.12. The van der Waals surface area contributed by atoms with E-state index in [4.69, 9.17) is 4.74 Å². The van der Waals surface area contributed by atoms with Gasteiger partial charge in [-0.05, 0) is 43.9 Å². The Balaban J connectivity index is 1.79. The van der Waals surface area contributed by atoms with Gasteiger partial charge in [-0.25, -0.2) is 0 Å². The second-order valence-corrected chi connectivity index (χ2v) is 8.65. The highest BCUT2D eigenvalue weighted by atomic mass is 16.5. The third-order valence-electron chi connectivity index (χ3n) is 5.75. The Hall–Kier alpha value is -3.15. The van der Waals surface area contributed by atoms with Crippen LogP contribution in [0.3, 0.4) is 0 Å². The van der Waals surface area contributed by atoms with Crippen molar-refractivity contribution in [2.45, 2.75) is 65.1 Å². The Labute approximate surface area is 189 Å². The van der Waals surface area contributed by atoms with Gasteiger partial charge in [0, 0.05) is 13.5 Å². The van der Waals surface area contributed by atoms with E-state index in [0.29, 0.717) is 6.54 Å². The molecular formula is C26H32N2O4. The average Bonchev–Trinajstić information content (AvgIpc) is 2.73. The molecule has 2 unspecified atom stereocenters. The van der Waals surface area contributed by atoms with Crippen molar-refractivity contribution in [3.63, 3.8) is 0 Å². The monoisotopic (exact) mass is 436 g/mol. The number of rotatable bonds is 7. The quantitative estimate of drug-likeness (QED) is 0.665. The maximum atomic E-state index is 13.1. The van der Waals surface area contributed by atoms with Gasteiger partial charge in [-0.1, -0.05) is 54.1 Å². The fourth-order valence-electron chi connectivity index (χ4n) is 4.21. The predicted octanol–water partition coefficient (Wildman–Crippen LogP) is 4.03. The van der Waals surface area contributed by atoms with Crippen molar-refractivity contribution in [3.8, 4) is 0 Å². The van der Waals surface area contributed by atoms with Crippen LogP contribution >= 0.6 is 0 Å². The predicted molar refractivity (Wildman–Crippen MR) is 123 cm³/mol. The normalized spacial score (nSPS) is 16.3. The Bertz CT molecular complexity index is 968. The molecule has 0 bridgehead atoms. The van der Waals surface area contributed by atoms with Gasteiger partial charge >= 0.3 is 5.97 Å². The summed E-state index contributed by atoms with van der Waals surface area (Å²) in [6.07, 6.45) is 0.740. The highest BCUT2D eigenvalue weighted by molar-refractivity contribution is 5.81. The molecule has 0 aliphatic carbocycles. The molecule has 32 heavy (non-hydrogen) atoms. The molecule has 1 aliphatic heterocycles. The molecular weight excluding hydrogens is 404 g/mol. The van der Waals surface area contributed by atoms with Gasteiger partial charge in [0.25, 0.3) is 0 Å². The fraction of sp³-hybridized carbons (Fsp3) is 0.423. The molecule has 0 aromatic heterocycles. The van der Waals surface area contributed by atoms with Gasteiger partial charge in [0.15, 0.2) is 0 Å². The Morgan fingerprint density at radius 1 is 1.09 bits per heavy atom. The number of carbonyl (C=O) groups excluding carboxylic acids is 3. The Morgan fingerprint density at radius 3 is 2.44 bits per heavy atom. The van der Waals surface area contributed by atoms with Crippen LogP contribution in [0, 0.1) is 6.92 Å². The molecule has 0 saturated heterocycles. The van der Waals surface area contributed by atoms with Gasteiger partial charge in [-0.3, -0.25) is 14.4 Å². The highest BCUT2D eigenvalue weighted by Gasteiger charge is 2.31. The van der Waals surface area contributed by atoms with Gasteiger partial charge in [0.1, 0.15) is 0 Å². The zero-order valence-electron chi connectivity index (χ0n) is 19.3. The molecule has 2 aromatic carbocycles. The van der Waals surface area contributed by atoms with Crippen LogP contribution < -0.4 is 5.32 Å². The number of aryl methyl sites for hydroxylation is 1. The minimum absolute atomic E-state index is 0.0463. The van der Waals surface area contributed by atoms with Gasteiger partial charge in [-0.2, -0.15) is 0 Å². The van der Waals surface area contributed by atoms with Crippen LogP contribution in [0.1, 0.15) is 68.0 Å². The molecule has 0 radical (unpaired) electrons. The number of hydrogen-bond donors (Lipinski definition) is 1. The summed E-state index contributed by atoms with van der Waals surface area (Å²) in [6.45, 7) is 7.71. The van der Waals surface area contributed by atoms with E-state index in [2.05, 4.69) is 11.4 Å². The second kappa shape index (κ2) is 10.4. The highest BCUT2D eigenvalue weighted by Crippen LogP contribution is 2.32. The molecule has 1 heterocycles. The lowest BCUT2D eigenvalue weighted by atomic mass is 9.90. The van der Waals surface area contributed by atoms with Gasteiger partial charge in [0.2, 0.25) is 11.8 Å². The molecule has 170 valence electrons. The van der Waals surface area contributed by atoms with Gasteiger partial charge in [0.05, 0.1) is 31.0 Å². The van der Waals surface area contributed by atoms with E-state index < -0.39 is 6.04 Å². The van der Waals surface area contributed by atoms with E-state index in [1.165, 1.54) is 12.5 Å². The van der Waals surface area contributed by atoms with Crippen molar-refractivity contribution in [1.29, 1.82) is 0 Å². The standard InChI is InChI=1S/C26H32N2O4/c1-17(2)32-26(31)15-23(21-11-9-18(3)10-12-21)27-25(30)16-24-22-8-6-5-7-20(22)13-14-28(24)19(4)29/h5-12,17,23-24H,13-16H2,1-4H3,(H,27,30). The minimum atomic E-state index is -0.501. The first-order valence-electron chi connectivity index (χ1n) is 11.1. The summed E-state index contributed by atoms with van der Waals surface area (Å²) in [7, 11) is 0. The van der Waals surface area contributed by atoms with E-state index in [1.807, 2.05) is 49.4 Å². The molecule has 2 atom stereocenters. The number of nitrogens with one attached hydrogen (secondary N) is 1. The molecule has 3 rings (SSSR count). The number of fused-ring (bicyclic) bond motifs is 1. The average molecular weight is 437 g/mol. The van der Waals surface area contributed by atoms with E-state index >= 15 is 0 Å². The van der Waals surface area contributed by atoms with Crippen LogP contribution in [-0.2, 0) is 25.5 Å². The summed E-state index contributed by atoms with van der Waals surface area (Å²) >= 11 is 0. The summed E-state index contributed by atoms with van der Waals surface area (Å²) in [4.78, 5) is 39.5. The van der Waals surface area contributed by atoms with Crippen LogP contribution in [0.5, 0.6) is 0 Å². The third kappa shape index (κ3) is 5.96. The third-order valence-corrected chi connectivity index (χ3v) is 5.75. The number of hydrogen-bond acceptors (Lipinski definition) is 4. The Kier molecular flexibility index (Phi) is 7.67. The summed E-state index contributed by atoms with van der Waals surface area (Å²) in [6, 6.07) is 14.9. The molecule has 6 nitrogen and oxygen atoms in total. The molecule has 2 amide bonds. The van der Waals surface area contributed by atoms with E-state index in [9.17, 15) is 14.4 Å². The molecule has 0 saturated carbocycles. The summed E-state index contributed by atoms with van der Waals surface area (Å²) in [5.74, 6) is -0.618. The van der Waals surface area contributed by atoms with Crippen LogP contribution in [0.25, 0.3) is 0 Å². The lowest BCUT2D eigenvalue weighted by Crippen LogP contribution is -2.41. The van der Waals surface area contributed by atoms with Crippen molar-refractivity contribution in [2.75, 3.05) is 6.54 Å². The van der Waals surface area contributed by atoms with Crippen LogP contribution in [0.2, 0.25) is 0 Å². The number of nitrogens with zero attached hydrogens (tertiary/aromatic N) is 1. The van der Waals surface area contributed by atoms with Gasteiger partial charge < -0.3 is 15.0 Å². The lowest BCUT2D eigenvalue weighted by Gasteiger charge is -2.36. The van der Waals surface area contributed by atoms with Crippen LogP contribution in [-0.4, -0.2) is 35.3 Å². The molecule has 1 N–H and O–H groups in total. The minimum Gasteiger partial charge on any atom is -0.463 e. The van der Waals surface area contributed by atoms with Crippen molar-refractivity contribution in [3.05, 3.63) is 70.8 Å². The molecule has 2 aromatic rings. The number of carbonyl (C=O) groups is 3. The smallest absolute Gasteiger partial charge is 0.308 e. The maximum absolute atomic E-state index is 13.1. The maximum Gasteiger partial charge on any atom is 0.308 e. The SMILES string of the molecule is CC(=O)N1CCc2ccccc2C1CC(=O)NC(CC(=O)OC(C)C)c1ccc(C)cc1. The molecule has 1 aliphatic rings. The topological polar surface area (TPSA) is 75.7 Å². The number of benzene rings is 2. The van der Waals surface area contributed by atoms with E-state index in [-0.39, 0.29) is 42.8 Å². The first-order valence-corrected chi connectivity index (χ1v) is 11.1. The fourth-order valence-corrected chi connectivity index (χ4v) is 4.21. The first-order chi connectivity index (χ1) is 15.2. The van der Waals surface area contributed by atoms with Crippen LogP contribution in [0.15, 0.2) is 48.5 Å². The first kappa shape index (κ1) is 23.5.